The molecular formula is C22H41NO12. The largest absolute Gasteiger partial charge is 0.481 e. The number of hydrogen-bond acceptors (Lipinski definition) is 10. The highest BCUT2D eigenvalue weighted by Gasteiger charge is 2.04. The summed E-state index contributed by atoms with van der Waals surface area (Å²) in [5, 5.41) is 19.6. The molecule has 0 saturated carbocycles. The van der Waals surface area contributed by atoms with Crippen LogP contribution in [0.25, 0.3) is 0 Å². The fourth-order valence-electron chi connectivity index (χ4n) is 2.29. The lowest BCUT2D eigenvalue weighted by atomic mass is 10.3. The van der Waals surface area contributed by atoms with Crippen LogP contribution < -0.4 is 5.32 Å². The van der Waals surface area contributed by atoms with Gasteiger partial charge in [0.1, 0.15) is 0 Å². The normalized spacial score (nSPS) is 11.0. The predicted octanol–water partition coefficient (Wildman–Crippen LogP) is -0.0516. The van der Waals surface area contributed by atoms with Gasteiger partial charge in [0.15, 0.2) is 0 Å². The van der Waals surface area contributed by atoms with Crippen molar-refractivity contribution < 1.29 is 57.8 Å². The SMILES string of the molecule is O=C(O)CCOCCOCCOCCOCCOCCOCCOCCCNC(=O)CCC(=O)O. The summed E-state index contributed by atoms with van der Waals surface area (Å²) in [6.07, 6.45) is 0.459. The zero-order chi connectivity index (χ0) is 25.8. The van der Waals surface area contributed by atoms with E-state index in [0.717, 1.165) is 0 Å². The zero-order valence-electron chi connectivity index (χ0n) is 20.4. The summed E-state index contributed by atoms with van der Waals surface area (Å²) in [4.78, 5) is 31.9. The van der Waals surface area contributed by atoms with Crippen molar-refractivity contribution >= 4 is 17.8 Å². The standard InChI is InChI=1S/C22H41NO12/c24-20(2-3-21(25)26)23-5-1-6-29-8-10-31-12-14-33-16-18-35-19-17-34-15-13-32-11-9-30-7-4-22(27)28/h1-19H2,(H,23,24)(H,25,26)(H,27,28). The molecule has 0 bridgehead atoms. The quantitative estimate of drug-likeness (QED) is 0.120. The van der Waals surface area contributed by atoms with Gasteiger partial charge in [0.05, 0.1) is 98.7 Å². The molecule has 0 spiro atoms. The maximum atomic E-state index is 11.3. The van der Waals surface area contributed by atoms with Gasteiger partial charge in [-0.25, -0.2) is 0 Å². The molecule has 206 valence electrons. The summed E-state index contributed by atoms with van der Waals surface area (Å²) in [6, 6.07) is 0. The Bertz CT molecular complexity index is 521. The minimum atomic E-state index is -0.986. The highest BCUT2D eigenvalue weighted by molar-refractivity contribution is 5.80. The van der Waals surface area contributed by atoms with Crippen LogP contribution in [0.5, 0.6) is 0 Å². The fraction of sp³-hybridized carbons (Fsp3) is 0.864. The van der Waals surface area contributed by atoms with E-state index in [4.69, 9.17) is 43.4 Å². The second-order valence-electron chi connectivity index (χ2n) is 7.03. The lowest BCUT2D eigenvalue weighted by molar-refractivity contribution is -0.139. The number of aliphatic carboxylic acids is 2. The van der Waals surface area contributed by atoms with Crippen LogP contribution in [0.3, 0.4) is 0 Å². The molecule has 0 atom stereocenters. The van der Waals surface area contributed by atoms with Gasteiger partial charge in [0.25, 0.3) is 0 Å². The molecule has 0 radical (unpaired) electrons. The van der Waals surface area contributed by atoms with Gasteiger partial charge < -0.3 is 48.7 Å². The van der Waals surface area contributed by atoms with Gasteiger partial charge in [-0.3, -0.25) is 14.4 Å². The Morgan fingerprint density at radius 3 is 1.17 bits per heavy atom. The summed E-state index contributed by atoms with van der Waals surface area (Å²) in [6.45, 7) is 6.40. The van der Waals surface area contributed by atoms with E-state index in [-0.39, 0.29) is 31.8 Å². The van der Waals surface area contributed by atoms with Crippen molar-refractivity contribution in [3.05, 3.63) is 0 Å². The minimum absolute atomic E-state index is 0.00943. The average molecular weight is 512 g/mol. The molecule has 0 rings (SSSR count). The summed E-state index contributed by atoms with van der Waals surface area (Å²) < 4.78 is 37.3. The van der Waals surface area contributed by atoms with E-state index in [2.05, 4.69) is 5.32 Å². The van der Waals surface area contributed by atoms with Crippen LogP contribution in [0.15, 0.2) is 0 Å². The van der Waals surface area contributed by atoms with E-state index in [1.165, 1.54) is 0 Å². The van der Waals surface area contributed by atoms with Crippen LogP contribution in [-0.2, 0) is 47.5 Å². The van der Waals surface area contributed by atoms with E-state index < -0.39 is 11.9 Å². The molecule has 0 fully saturated rings. The van der Waals surface area contributed by atoms with Crippen LogP contribution in [-0.4, -0.2) is 127 Å². The second-order valence-corrected chi connectivity index (χ2v) is 7.03. The third-order valence-electron chi connectivity index (χ3n) is 4.05. The molecule has 0 aromatic carbocycles. The summed E-state index contributed by atoms with van der Waals surface area (Å²) in [5.41, 5.74) is 0. The number of carbonyl (C=O) groups excluding carboxylic acids is 1. The number of ether oxygens (including phenoxy) is 7. The molecule has 0 saturated heterocycles. The van der Waals surface area contributed by atoms with Crippen molar-refractivity contribution in [2.45, 2.75) is 25.7 Å². The first kappa shape index (κ1) is 33.1. The summed E-state index contributed by atoms with van der Waals surface area (Å²) >= 11 is 0. The molecule has 13 heteroatoms. The Morgan fingerprint density at radius 1 is 0.457 bits per heavy atom. The van der Waals surface area contributed by atoms with Crippen molar-refractivity contribution in [3.63, 3.8) is 0 Å². The minimum Gasteiger partial charge on any atom is -0.481 e. The number of nitrogens with one attached hydrogen (secondary N) is 1. The van der Waals surface area contributed by atoms with Crippen LogP contribution in [0.1, 0.15) is 25.7 Å². The van der Waals surface area contributed by atoms with E-state index in [1.54, 1.807) is 0 Å². The lowest BCUT2D eigenvalue weighted by Crippen LogP contribution is -2.25. The van der Waals surface area contributed by atoms with Gasteiger partial charge in [0, 0.05) is 19.6 Å². The van der Waals surface area contributed by atoms with Gasteiger partial charge in [-0.1, -0.05) is 0 Å². The van der Waals surface area contributed by atoms with E-state index >= 15 is 0 Å². The van der Waals surface area contributed by atoms with Crippen molar-refractivity contribution in [1.29, 1.82) is 0 Å². The van der Waals surface area contributed by atoms with Crippen molar-refractivity contribution in [3.8, 4) is 0 Å². The van der Waals surface area contributed by atoms with Gasteiger partial charge >= 0.3 is 11.9 Å². The van der Waals surface area contributed by atoms with Crippen molar-refractivity contribution in [2.24, 2.45) is 0 Å². The molecule has 0 unspecified atom stereocenters. The van der Waals surface area contributed by atoms with E-state index in [9.17, 15) is 14.4 Å². The number of rotatable bonds is 28. The highest BCUT2D eigenvalue weighted by atomic mass is 16.6. The number of amides is 1. The van der Waals surface area contributed by atoms with Gasteiger partial charge in [-0.05, 0) is 6.42 Å². The number of carboxylic acid groups (broad SMARTS) is 2. The molecule has 0 heterocycles. The Morgan fingerprint density at radius 2 is 0.800 bits per heavy atom. The topological polar surface area (TPSA) is 168 Å². The first-order valence-electron chi connectivity index (χ1n) is 11.8. The average Bonchev–Trinajstić information content (AvgIpc) is 2.82. The molecule has 0 aromatic rings. The fourth-order valence-corrected chi connectivity index (χ4v) is 2.29. The summed E-state index contributed by atoms with van der Waals surface area (Å²) in [7, 11) is 0. The van der Waals surface area contributed by atoms with Crippen molar-refractivity contribution in [1.82, 2.24) is 5.32 Å². The first-order chi connectivity index (χ1) is 17.0. The number of carboxylic acids is 2. The van der Waals surface area contributed by atoms with Gasteiger partial charge in [-0.15, -0.1) is 0 Å². The second kappa shape index (κ2) is 26.7. The van der Waals surface area contributed by atoms with Crippen molar-refractivity contribution in [2.75, 3.05) is 99.0 Å². The Labute approximate surface area is 206 Å². The molecule has 1 amide bonds. The molecule has 0 aliphatic rings. The molecule has 0 aliphatic carbocycles. The first-order valence-corrected chi connectivity index (χ1v) is 11.8. The molecular weight excluding hydrogens is 470 g/mol. The van der Waals surface area contributed by atoms with Gasteiger partial charge in [-0.2, -0.15) is 0 Å². The van der Waals surface area contributed by atoms with Crippen LogP contribution in [0.2, 0.25) is 0 Å². The molecule has 0 aromatic heterocycles. The highest BCUT2D eigenvalue weighted by Crippen LogP contribution is 1.90. The summed E-state index contributed by atoms with van der Waals surface area (Å²) in [5.74, 6) is -2.14. The van der Waals surface area contributed by atoms with Crippen LogP contribution in [0, 0.1) is 0 Å². The third kappa shape index (κ3) is 30.1. The smallest absolute Gasteiger partial charge is 0.305 e. The molecule has 3 N–H and O–H groups in total. The lowest BCUT2D eigenvalue weighted by Gasteiger charge is -2.08. The van der Waals surface area contributed by atoms with Crippen LogP contribution in [0.4, 0.5) is 0 Å². The third-order valence-corrected chi connectivity index (χ3v) is 4.05. The Kier molecular flexibility index (Phi) is 25.3. The maximum Gasteiger partial charge on any atom is 0.305 e. The molecule has 13 nitrogen and oxygen atoms in total. The zero-order valence-corrected chi connectivity index (χ0v) is 20.4. The monoisotopic (exact) mass is 511 g/mol. The molecule has 35 heavy (non-hydrogen) atoms. The Balaban J connectivity index is 3.09. The number of hydrogen-bond donors (Lipinski definition) is 3. The van der Waals surface area contributed by atoms with E-state index in [0.29, 0.717) is 98.9 Å². The Hall–Kier alpha value is -1.87. The molecule has 0 aliphatic heterocycles. The van der Waals surface area contributed by atoms with Gasteiger partial charge in [0.2, 0.25) is 5.91 Å². The van der Waals surface area contributed by atoms with Crippen LogP contribution >= 0.6 is 0 Å². The van der Waals surface area contributed by atoms with E-state index in [1.807, 2.05) is 0 Å². The predicted molar refractivity (Wildman–Crippen MR) is 122 cm³/mol. The number of carbonyl (C=O) groups is 3. The maximum absolute atomic E-state index is 11.3.